The van der Waals surface area contributed by atoms with Gasteiger partial charge in [-0.25, -0.2) is 4.68 Å². The number of nitrogens with zero attached hydrogens (tertiary/aromatic N) is 3. The number of hydrogen-bond acceptors (Lipinski definition) is 4. The highest BCUT2D eigenvalue weighted by atomic mass is 16.5. The smallest absolute Gasteiger partial charge is 0.251 e. The Labute approximate surface area is 187 Å². The number of pyridine rings is 1. The van der Waals surface area contributed by atoms with Gasteiger partial charge >= 0.3 is 0 Å². The van der Waals surface area contributed by atoms with E-state index < -0.39 is 0 Å². The van der Waals surface area contributed by atoms with Gasteiger partial charge in [0.1, 0.15) is 12.4 Å². The van der Waals surface area contributed by atoms with E-state index in [2.05, 4.69) is 15.4 Å². The molecule has 0 bridgehead atoms. The fraction of sp³-hybridized carbons (Fsp3) is 0.192. The molecule has 32 heavy (non-hydrogen) atoms. The molecular formula is C26H26N4O2. The molecule has 4 rings (SSSR count). The highest BCUT2D eigenvalue weighted by Crippen LogP contribution is 2.19. The van der Waals surface area contributed by atoms with Crippen LogP contribution in [0.4, 0.5) is 0 Å². The molecule has 0 radical (unpaired) electrons. The van der Waals surface area contributed by atoms with Crippen molar-refractivity contribution in [2.24, 2.45) is 0 Å². The highest BCUT2D eigenvalue weighted by Gasteiger charge is 2.12. The fourth-order valence-electron chi connectivity index (χ4n) is 3.51. The van der Waals surface area contributed by atoms with Gasteiger partial charge in [0, 0.05) is 29.2 Å². The maximum Gasteiger partial charge on any atom is 0.251 e. The van der Waals surface area contributed by atoms with Crippen LogP contribution in [0.5, 0.6) is 5.75 Å². The Morgan fingerprint density at radius 2 is 1.81 bits per heavy atom. The first-order valence-electron chi connectivity index (χ1n) is 10.6. The number of benzene rings is 2. The molecule has 6 nitrogen and oxygen atoms in total. The summed E-state index contributed by atoms with van der Waals surface area (Å²) >= 11 is 0. The minimum atomic E-state index is -0.134. The van der Waals surface area contributed by atoms with Crippen molar-refractivity contribution in [1.29, 1.82) is 0 Å². The summed E-state index contributed by atoms with van der Waals surface area (Å²) in [6, 6.07) is 21.0. The quantitative estimate of drug-likeness (QED) is 0.454. The third-order valence-corrected chi connectivity index (χ3v) is 5.24. The number of amides is 1. The minimum absolute atomic E-state index is 0.116. The Balaban J connectivity index is 1.35. The van der Waals surface area contributed by atoms with Crippen molar-refractivity contribution in [2.45, 2.75) is 33.4 Å². The van der Waals surface area contributed by atoms with Crippen molar-refractivity contribution in [3.63, 3.8) is 0 Å². The zero-order valence-corrected chi connectivity index (χ0v) is 18.4. The lowest BCUT2D eigenvalue weighted by Crippen LogP contribution is -2.26. The summed E-state index contributed by atoms with van der Waals surface area (Å²) in [6.07, 6.45) is 3.53. The number of ether oxygens (including phenoxy) is 1. The molecule has 0 aliphatic heterocycles. The van der Waals surface area contributed by atoms with E-state index in [0.29, 0.717) is 12.2 Å². The van der Waals surface area contributed by atoms with Crippen LogP contribution in [0.1, 0.15) is 45.8 Å². The molecule has 0 saturated heterocycles. The second-order valence-electron chi connectivity index (χ2n) is 7.80. The van der Waals surface area contributed by atoms with E-state index in [1.807, 2.05) is 92.2 Å². The first kappa shape index (κ1) is 21.3. The van der Waals surface area contributed by atoms with Gasteiger partial charge in [-0.2, -0.15) is 5.10 Å². The molecule has 2 aromatic heterocycles. The van der Waals surface area contributed by atoms with E-state index in [-0.39, 0.29) is 11.9 Å². The van der Waals surface area contributed by atoms with E-state index in [9.17, 15) is 4.79 Å². The van der Waals surface area contributed by atoms with Crippen molar-refractivity contribution in [3.05, 3.63) is 107 Å². The van der Waals surface area contributed by atoms with Gasteiger partial charge in [0.25, 0.3) is 5.91 Å². The number of hydrogen-bond donors (Lipinski definition) is 1. The summed E-state index contributed by atoms with van der Waals surface area (Å²) in [5, 5.41) is 7.54. The number of rotatable bonds is 7. The number of carbonyl (C=O) groups is 1. The largest absolute Gasteiger partial charge is 0.489 e. The van der Waals surface area contributed by atoms with Crippen LogP contribution in [0.3, 0.4) is 0 Å². The molecule has 1 unspecified atom stereocenters. The van der Waals surface area contributed by atoms with Crippen LogP contribution in [0.15, 0.2) is 79.1 Å². The molecule has 2 aromatic carbocycles. The van der Waals surface area contributed by atoms with Crippen molar-refractivity contribution in [1.82, 2.24) is 20.1 Å². The molecule has 2 heterocycles. The summed E-state index contributed by atoms with van der Waals surface area (Å²) in [4.78, 5) is 16.8. The number of carbonyl (C=O) groups excluding carboxylic acids is 1. The first-order valence-corrected chi connectivity index (χ1v) is 10.6. The third kappa shape index (κ3) is 5.03. The highest BCUT2D eigenvalue weighted by molar-refractivity contribution is 5.94. The van der Waals surface area contributed by atoms with Gasteiger partial charge in [-0.05, 0) is 74.9 Å². The lowest BCUT2D eigenvalue weighted by molar-refractivity contribution is 0.0940. The second kappa shape index (κ2) is 9.47. The maximum atomic E-state index is 12.7. The molecule has 162 valence electrons. The summed E-state index contributed by atoms with van der Waals surface area (Å²) in [7, 11) is 0. The van der Waals surface area contributed by atoms with Gasteiger partial charge in [0.2, 0.25) is 0 Å². The van der Waals surface area contributed by atoms with E-state index in [4.69, 9.17) is 4.74 Å². The topological polar surface area (TPSA) is 69.0 Å². The Hall–Kier alpha value is -3.93. The molecule has 6 heteroatoms. The molecule has 0 aliphatic carbocycles. The Morgan fingerprint density at radius 3 is 2.44 bits per heavy atom. The van der Waals surface area contributed by atoms with E-state index in [1.165, 1.54) is 0 Å². The molecule has 1 N–H and O–H groups in total. The lowest BCUT2D eigenvalue weighted by atomic mass is 10.1. The van der Waals surface area contributed by atoms with Gasteiger partial charge in [0.15, 0.2) is 0 Å². The van der Waals surface area contributed by atoms with Gasteiger partial charge in [-0.3, -0.25) is 9.78 Å². The SMILES string of the molecule is Cc1cc(C)n(-c2ccc(C(=O)NC(C)c3ccc(OCc4cccnc4)cc3)cc2)n1. The van der Waals surface area contributed by atoms with Crippen LogP contribution < -0.4 is 10.1 Å². The fourth-order valence-corrected chi connectivity index (χ4v) is 3.51. The number of aryl methyl sites for hydroxylation is 2. The van der Waals surface area contributed by atoms with Gasteiger partial charge in [0.05, 0.1) is 17.4 Å². The molecule has 0 fully saturated rings. The predicted molar refractivity (Wildman–Crippen MR) is 124 cm³/mol. The van der Waals surface area contributed by atoms with Gasteiger partial charge < -0.3 is 10.1 Å². The van der Waals surface area contributed by atoms with Crippen LogP contribution in [0, 0.1) is 13.8 Å². The zero-order chi connectivity index (χ0) is 22.5. The molecule has 1 amide bonds. The monoisotopic (exact) mass is 426 g/mol. The normalized spacial score (nSPS) is 11.7. The lowest BCUT2D eigenvalue weighted by Gasteiger charge is -2.15. The summed E-state index contributed by atoms with van der Waals surface area (Å²) in [5.74, 6) is 0.658. The van der Waals surface area contributed by atoms with Crippen LogP contribution >= 0.6 is 0 Å². The van der Waals surface area contributed by atoms with E-state index in [1.54, 1.807) is 12.4 Å². The predicted octanol–water partition coefficient (Wildman–Crippen LogP) is 4.95. The molecule has 0 spiro atoms. The van der Waals surface area contributed by atoms with Crippen molar-refractivity contribution in [2.75, 3.05) is 0 Å². The second-order valence-corrected chi connectivity index (χ2v) is 7.80. The van der Waals surface area contributed by atoms with Crippen LogP contribution in [-0.2, 0) is 6.61 Å². The maximum absolute atomic E-state index is 12.7. The van der Waals surface area contributed by atoms with Crippen molar-refractivity contribution >= 4 is 5.91 Å². The average molecular weight is 427 g/mol. The average Bonchev–Trinajstić information content (AvgIpc) is 3.16. The minimum Gasteiger partial charge on any atom is -0.489 e. The van der Waals surface area contributed by atoms with E-state index >= 15 is 0 Å². The molecule has 0 aliphatic rings. The summed E-state index contributed by atoms with van der Waals surface area (Å²) in [6.45, 7) is 6.41. The first-order chi connectivity index (χ1) is 15.5. The third-order valence-electron chi connectivity index (χ3n) is 5.24. The molecular weight excluding hydrogens is 400 g/mol. The van der Waals surface area contributed by atoms with Crippen LogP contribution in [0.25, 0.3) is 5.69 Å². The summed E-state index contributed by atoms with van der Waals surface area (Å²) < 4.78 is 7.67. The standard InChI is InChI=1S/C26H26N4O2/c1-18-15-19(2)30(29-18)24-10-6-23(7-11-24)26(31)28-20(3)22-8-12-25(13-9-22)32-17-21-5-4-14-27-16-21/h4-16,20H,17H2,1-3H3,(H,28,31). The number of aromatic nitrogens is 3. The molecule has 1 atom stereocenters. The molecule has 4 aromatic rings. The van der Waals surface area contributed by atoms with E-state index in [0.717, 1.165) is 34.0 Å². The summed E-state index contributed by atoms with van der Waals surface area (Å²) in [5.41, 5.74) is 5.58. The van der Waals surface area contributed by atoms with Gasteiger partial charge in [-0.15, -0.1) is 0 Å². The Kier molecular flexibility index (Phi) is 6.31. The number of nitrogens with one attached hydrogen (secondary N) is 1. The zero-order valence-electron chi connectivity index (χ0n) is 18.4. The Bertz CT molecular complexity index is 1180. The Morgan fingerprint density at radius 1 is 1.06 bits per heavy atom. The van der Waals surface area contributed by atoms with Crippen molar-refractivity contribution < 1.29 is 9.53 Å². The van der Waals surface area contributed by atoms with Crippen molar-refractivity contribution in [3.8, 4) is 11.4 Å². The van der Waals surface area contributed by atoms with Crippen LogP contribution in [-0.4, -0.2) is 20.7 Å². The van der Waals surface area contributed by atoms with Gasteiger partial charge in [-0.1, -0.05) is 18.2 Å². The molecule has 0 saturated carbocycles. The van der Waals surface area contributed by atoms with Crippen LogP contribution in [0.2, 0.25) is 0 Å².